The van der Waals surface area contributed by atoms with E-state index in [0.717, 1.165) is 51.4 Å². The van der Waals surface area contributed by atoms with Crippen LogP contribution in [0.3, 0.4) is 0 Å². The number of alkyl halides is 18. The number of rotatable bonds is 24. The molecule has 68 heavy (non-hydrogen) atoms. The standard InChI is InChI=1S/C45H53BF18NO3/c1-5-6-7-8-9-10-11-12-13-14-15-16-17-18-19-20-37(65(2,3)4)39-36(45(62,63)64)27-33(44(59,60)61)28-38(39)68-46(66-34-23-29(40(47,48)49)21-30(24-34)41(50,51)52)67-35-25-31(42(53,54)55)22-32(26-35)43(56,57)58/h21-28,37H,5-20H2,1-4H3/q+1. The van der Waals surface area contributed by atoms with Gasteiger partial charge in [0, 0.05) is 6.42 Å². The Morgan fingerprint density at radius 2 is 0.706 bits per heavy atom. The van der Waals surface area contributed by atoms with Crippen LogP contribution in [0.1, 0.15) is 155 Å². The fraction of sp³-hybridized carbons (Fsp3) is 0.600. The van der Waals surface area contributed by atoms with Crippen molar-refractivity contribution in [1.29, 1.82) is 0 Å². The lowest BCUT2D eigenvalue weighted by atomic mass is 9.90. The Morgan fingerprint density at radius 3 is 1.00 bits per heavy atom. The fourth-order valence-electron chi connectivity index (χ4n) is 7.48. The van der Waals surface area contributed by atoms with Crippen molar-refractivity contribution < 1.29 is 97.5 Å². The van der Waals surface area contributed by atoms with Crippen molar-refractivity contribution in [1.82, 2.24) is 0 Å². The SMILES string of the molecule is CCCCCCCCCCCCCCCCCC(c1c(OB(Oc2cc(C(F)(F)F)cc(C(F)(F)F)c2)Oc2cc(C(F)(F)F)cc(C(F)(F)F)c2)cc(C(F)(F)F)cc1C(F)(F)F)[N+](C)(C)C. The summed E-state index contributed by atoms with van der Waals surface area (Å²) in [5.41, 5.74) is -13.5. The Labute approximate surface area is 383 Å². The van der Waals surface area contributed by atoms with E-state index in [1.54, 1.807) is 0 Å². The molecule has 0 spiro atoms. The number of hydrogen-bond acceptors (Lipinski definition) is 3. The molecule has 0 amide bonds. The van der Waals surface area contributed by atoms with Crippen LogP contribution in [-0.4, -0.2) is 32.9 Å². The van der Waals surface area contributed by atoms with Gasteiger partial charge in [0.1, 0.15) is 23.3 Å². The first-order valence-corrected chi connectivity index (χ1v) is 21.8. The van der Waals surface area contributed by atoms with Crippen molar-refractivity contribution in [2.24, 2.45) is 0 Å². The van der Waals surface area contributed by atoms with Gasteiger partial charge in [-0.1, -0.05) is 96.8 Å². The van der Waals surface area contributed by atoms with Gasteiger partial charge in [0.2, 0.25) is 0 Å². The minimum atomic E-state index is -5.64. The summed E-state index contributed by atoms with van der Waals surface area (Å²) in [6.45, 7) is 2.14. The average molecular weight is 1010 g/mol. The minimum Gasteiger partial charge on any atom is -0.490 e. The number of nitrogens with zero attached hydrogens (tertiary/aromatic N) is 1. The molecule has 0 aliphatic heterocycles. The molecule has 0 saturated heterocycles. The van der Waals surface area contributed by atoms with Crippen molar-refractivity contribution in [2.75, 3.05) is 21.1 Å². The maximum atomic E-state index is 15.0. The van der Waals surface area contributed by atoms with Crippen LogP contribution in [0.5, 0.6) is 17.2 Å². The highest BCUT2D eigenvalue weighted by molar-refractivity contribution is 6.39. The van der Waals surface area contributed by atoms with Crippen LogP contribution < -0.4 is 14.0 Å². The summed E-state index contributed by atoms with van der Waals surface area (Å²) >= 11 is 0. The molecule has 384 valence electrons. The van der Waals surface area contributed by atoms with Crippen molar-refractivity contribution >= 4 is 7.32 Å². The molecule has 0 aromatic heterocycles. The zero-order chi connectivity index (χ0) is 51.5. The van der Waals surface area contributed by atoms with Gasteiger partial charge in [0.05, 0.1) is 60.1 Å². The molecule has 0 aliphatic rings. The van der Waals surface area contributed by atoms with Gasteiger partial charge in [-0.15, -0.1) is 0 Å². The molecule has 1 atom stereocenters. The van der Waals surface area contributed by atoms with Crippen molar-refractivity contribution in [3.8, 4) is 17.2 Å². The third-order valence-electron chi connectivity index (χ3n) is 10.9. The molecule has 0 N–H and O–H groups in total. The van der Waals surface area contributed by atoms with Crippen LogP contribution in [0.2, 0.25) is 0 Å². The van der Waals surface area contributed by atoms with Crippen molar-refractivity contribution in [2.45, 2.75) is 153 Å². The predicted octanol–water partition coefficient (Wildman–Crippen LogP) is 17.3. The maximum absolute atomic E-state index is 15.0. The second-order valence-electron chi connectivity index (χ2n) is 17.4. The van der Waals surface area contributed by atoms with Gasteiger partial charge in [-0.3, -0.25) is 0 Å². The summed E-state index contributed by atoms with van der Waals surface area (Å²) in [5.74, 6) is -4.63. The number of unbranched alkanes of at least 4 members (excludes halogenated alkanes) is 14. The molecule has 0 saturated carbocycles. The molecule has 0 radical (unpaired) electrons. The highest BCUT2D eigenvalue weighted by Gasteiger charge is 2.47. The van der Waals surface area contributed by atoms with Gasteiger partial charge < -0.3 is 18.4 Å². The second-order valence-corrected chi connectivity index (χ2v) is 17.4. The monoisotopic (exact) mass is 1010 g/mol. The molecule has 23 heteroatoms. The topological polar surface area (TPSA) is 27.7 Å². The lowest BCUT2D eigenvalue weighted by molar-refractivity contribution is -0.902. The van der Waals surface area contributed by atoms with E-state index in [1.807, 2.05) is 0 Å². The van der Waals surface area contributed by atoms with Crippen LogP contribution >= 0.6 is 0 Å². The highest BCUT2D eigenvalue weighted by Crippen LogP contribution is 2.48. The molecule has 0 heterocycles. The number of benzene rings is 3. The van der Waals surface area contributed by atoms with E-state index in [4.69, 9.17) is 14.0 Å². The molecule has 0 bridgehead atoms. The lowest BCUT2D eigenvalue weighted by Crippen LogP contribution is -2.42. The number of halogens is 18. The Bertz CT molecular complexity index is 1890. The van der Waals surface area contributed by atoms with Gasteiger partial charge in [-0.2, -0.15) is 79.0 Å². The van der Waals surface area contributed by atoms with Gasteiger partial charge in [-0.25, -0.2) is 0 Å². The molecule has 4 nitrogen and oxygen atoms in total. The van der Waals surface area contributed by atoms with E-state index < -0.39 is 123 Å². The molecule has 0 aliphatic carbocycles. The van der Waals surface area contributed by atoms with E-state index in [2.05, 4.69) is 6.92 Å². The highest BCUT2D eigenvalue weighted by atomic mass is 19.4. The van der Waals surface area contributed by atoms with Crippen LogP contribution in [-0.2, 0) is 37.1 Å². The smallest absolute Gasteiger partial charge is 0.490 e. The molecule has 3 aromatic carbocycles. The summed E-state index contributed by atoms with van der Waals surface area (Å²) in [7, 11) is 0.783. The summed E-state index contributed by atoms with van der Waals surface area (Å²) in [6.07, 6.45) is -19.7. The zero-order valence-corrected chi connectivity index (χ0v) is 37.6. The summed E-state index contributed by atoms with van der Waals surface area (Å²) in [5, 5.41) is 0. The Hall–Kier alpha value is -4.18. The molecular weight excluding hydrogens is 955 g/mol. The fourth-order valence-corrected chi connectivity index (χ4v) is 7.48. The summed E-state index contributed by atoms with van der Waals surface area (Å²) in [6, 6.07) is -3.19. The summed E-state index contributed by atoms with van der Waals surface area (Å²) < 4.78 is 269. The van der Waals surface area contributed by atoms with Crippen LogP contribution in [0.25, 0.3) is 0 Å². The van der Waals surface area contributed by atoms with Crippen molar-refractivity contribution in [3.05, 3.63) is 87.5 Å². The van der Waals surface area contributed by atoms with Gasteiger partial charge in [-0.05, 0) is 55.0 Å². The van der Waals surface area contributed by atoms with E-state index in [0.29, 0.717) is 12.8 Å². The normalized spacial score (nSPS) is 13.7. The van der Waals surface area contributed by atoms with E-state index in [1.165, 1.54) is 46.8 Å². The van der Waals surface area contributed by atoms with Gasteiger partial charge >= 0.3 is 44.4 Å². The molecular formula is C45H53BF18NO3+. The maximum Gasteiger partial charge on any atom is 0.864 e. The number of hydrogen-bond donors (Lipinski definition) is 0. The van der Waals surface area contributed by atoms with E-state index in [-0.39, 0.29) is 49.2 Å². The van der Waals surface area contributed by atoms with Crippen molar-refractivity contribution in [3.63, 3.8) is 0 Å². The molecule has 0 fully saturated rings. The van der Waals surface area contributed by atoms with E-state index in [9.17, 15) is 65.9 Å². The van der Waals surface area contributed by atoms with E-state index >= 15 is 13.2 Å². The minimum absolute atomic E-state index is 0.0278. The summed E-state index contributed by atoms with van der Waals surface area (Å²) in [4.78, 5) is 0. The van der Waals surface area contributed by atoms with Gasteiger partial charge in [0.15, 0.2) is 0 Å². The first-order valence-electron chi connectivity index (χ1n) is 21.8. The first-order chi connectivity index (χ1) is 31.1. The van der Waals surface area contributed by atoms with Gasteiger partial charge in [0.25, 0.3) is 0 Å². The molecule has 3 rings (SSSR count). The Morgan fingerprint density at radius 1 is 0.397 bits per heavy atom. The lowest BCUT2D eigenvalue weighted by Gasteiger charge is -2.37. The third-order valence-corrected chi connectivity index (χ3v) is 10.9. The second kappa shape index (κ2) is 23.6. The molecule has 3 aromatic rings. The number of quaternary nitrogens is 1. The van der Waals surface area contributed by atoms with Crippen LogP contribution in [0.4, 0.5) is 79.0 Å². The quantitative estimate of drug-likeness (QED) is 0.0387. The largest absolute Gasteiger partial charge is 0.864 e. The Balaban J connectivity index is 2.13. The van der Waals surface area contributed by atoms with Crippen LogP contribution in [0, 0.1) is 0 Å². The predicted molar refractivity (Wildman–Crippen MR) is 217 cm³/mol. The third kappa shape index (κ3) is 18.6. The molecule has 1 unspecified atom stereocenters. The van der Waals surface area contributed by atoms with Crippen LogP contribution in [0.15, 0.2) is 48.5 Å². The average Bonchev–Trinajstić information content (AvgIpc) is 3.18. The first kappa shape index (κ1) is 58.1. The zero-order valence-electron chi connectivity index (χ0n) is 37.6. The Kier molecular flexibility index (Phi) is 20.2.